The molecule has 2 N–H and O–H groups in total. The number of rotatable bonds is 2. The Kier molecular flexibility index (Phi) is 3.39. The second kappa shape index (κ2) is 5.06. The number of carboxylic acid groups (broad SMARTS) is 1. The van der Waals surface area contributed by atoms with Crippen molar-refractivity contribution in [2.75, 3.05) is 13.1 Å². The summed E-state index contributed by atoms with van der Waals surface area (Å²) in [5.74, 6) is 0. The summed E-state index contributed by atoms with van der Waals surface area (Å²) in [6.07, 6.45) is -0.188. The van der Waals surface area contributed by atoms with Gasteiger partial charge in [0.25, 0.3) is 0 Å². The highest BCUT2D eigenvalue weighted by molar-refractivity contribution is 9.10. The number of aliphatic hydroxyl groups is 1. The standard InChI is InChI=1S/C13H14BrN3O3/c14-8-1-2-11-10(5-8)12(7-18)17(15-11)9-3-4-16(6-9)13(19)20/h1-2,5,9,18H,3-4,6-7H2,(H,19,20). The molecular formula is C13H14BrN3O3. The third-order valence-corrected chi connectivity index (χ3v) is 4.18. The number of benzene rings is 1. The van der Waals surface area contributed by atoms with Crippen molar-refractivity contribution in [2.45, 2.75) is 19.1 Å². The molecule has 106 valence electrons. The van der Waals surface area contributed by atoms with Gasteiger partial charge >= 0.3 is 6.09 Å². The summed E-state index contributed by atoms with van der Waals surface area (Å²) in [6, 6.07) is 5.70. The number of fused-ring (bicyclic) bond motifs is 1. The van der Waals surface area contributed by atoms with Gasteiger partial charge in [0.1, 0.15) is 0 Å². The van der Waals surface area contributed by atoms with Gasteiger partial charge in [0.2, 0.25) is 0 Å². The van der Waals surface area contributed by atoms with Gasteiger partial charge in [-0.2, -0.15) is 5.10 Å². The summed E-state index contributed by atoms with van der Waals surface area (Å²) in [5, 5.41) is 24.1. The van der Waals surface area contributed by atoms with E-state index < -0.39 is 6.09 Å². The van der Waals surface area contributed by atoms with Crippen LogP contribution in [0.4, 0.5) is 4.79 Å². The molecule has 0 bridgehead atoms. The predicted octanol–water partition coefficient (Wildman–Crippen LogP) is 2.22. The monoisotopic (exact) mass is 339 g/mol. The van der Waals surface area contributed by atoms with Gasteiger partial charge in [0, 0.05) is 22.9 Å². The zero-order valence-corrected chi connectivity index (χ0v) is 12.2. The first-order chi connectivity index (χ1) is 9.60. The predicted molar refractivity (Wildman–Crippen MR) is 76.6 cm³/mol. The number of carbonyl (C=O) groups is 1. The Morgan fingerprint density at radius 2 is 2.30 bits per heavy atom. The molecule has 20 heavy (non-hydrogen) atoms. The lowest BCUT2D eigenvalue weighted by atomic mass is 10.2. The molecule has 0 spiro atoms. The average Bonchev–Trinajstić information content (AvgIpc) is 3.01. The van der Waals surface area contributed by atoms with Crippen LogP contribution in [0.15, 0.2) is 22.7 Å². The van der Waals surface area contributed by atoms with E-state index in [2.05, 4.69) is 21.0 Å². The molecule has 0 aliphatic carbocycles. The normalized spacial score (nSPS) is 18.9. The molecule has 1 atom stereocenters. The van der Waals surface area contributed by atoms with Gasteiger partial charge in [-0.25, -0.2) is 4.79 Å². The third-order valence-electron chi connectivity index (χ3n) is 3.69. The molecule has 2 heterocycles. The molecule has 0 saturated carbocycles. The van der Waals surface area contributed by atoms with Crippen LogP contribution in [0.3, 0.4) is 0 Å². The molecule has 6 nitrogen and oxygen atoms in total. The van der Waals surface area contributed by atoms with Crippen molar-refractivity contribution in [3.63, 3.8) is 0 Å². The first kappa shape index (κ1) is 13.4. The number of likely N-dealkylation sites (tertiary alicyclic amines) is 1. The van der Waals surface area contributed by atoms with Gasteiger partial charge in [-0.15, -0.1) is 0 Å². The number of aromatic nitrogens is 2. The van der Waals surface area contributed by atoms with Crippen LogP contribution in [0, 0.1) is 0 Å². The fraction of sp³-hybridized carbons (Fsp3) is 0.385. The van der Waals surface area contributed by atoms with Gasteiger partial charge in [-0.1, -0.05) is 15.9 Å². The topological polar surface area (TPSA) is 78.6 Å². The number of halogens is 1. The molecule has 7 heteroatoms. The Labute approximate surface area is 123 Å². The third kappa shape index (κ3) is 2.16. The summed E-state index contributed by atoms with van der Waals surface area (Å²) in [7, 11) is 0. The van der Waals surface area contributed by atoms with Gasteiger partial charge in [-0.05, 0) is 24.6 Å². The Bertz CT molecular complexity index is 670. The quantitative estimate of drug-likeness (QED) is 0.879. The molecule has 1 aromatic carbocycles. The molecule has 1 fully saturated rings. The van der Waals surface area contributed by atoms with Crippen LogP contribution >= 0.6 is 15.9 Å². The smallest absolute Gasteiger partial charge is 0.407 e. The highest BCUT2D eigenvalue weighted by atomic mass is 79.9. The Hall–Kier alpha value is -1.60. The summed E-state index contributed by atoms with van der Waals surface area (Å²) in [5.41, 5.74) is 1.55. The van der Waals surface area contributed by atoms with Crippen molar-refractivity contribution in [1.29, 1.82) is 0 Å². The minimum Gasteiger partial charge on any atom is -0.465 e. The lowest BCUT2D eigenvalue weighted by Crippen LogP contribution is -2.27. The molecule has 1 amide bonds. The van der Waals surface area contributed by atoms with Crippen LogP contribution in [0.5, 0.6) is 0 Å². The second-order valence-electron chi connectivity index (χ2n) is 4.88. The fourth-order valence-corrected chi connectivity index (χ4v) is 3.06. The zero-order chi connectivity index (χ0) is 14.3. The SMILES string of the molecule is O=C(O)N1CCC(n2nc3ccc(Br)cc3c2CO)C1. The van der Waals surface area contributed by atoms with Gasteiger partial charge in [-0.3, -0.25) is 4.68 Å². The Morgan fingerprint density at radius 1 is 1.50 bits per heavy atom. The van der Waals surface area contributed by atoms with Crippen molar-refractivity contribution in [3.8, 4) is 0 Å². The van der Waals surface area contributed by atoms with Crippen LogP contribution in [0.1, 0.15) is 18.2 Å². The van der Waals surface area contributed by atoms with E-state index in [0.29, 0.717) is 19.5 Å². The van der Waals surface area contributed by atoms with Crippen molar-refractivity contribution >= 4 is 32.9 Å². The van der Waals surface area contributed by atoms with Crippen molar-refractivity contribution in [3.05, 3.63) is 28.4 Å². The van der Waals surface area contributed by atoms with Gasteiger partial charge in [0.05, 0.1) is 23.9 Å². The van der Waals surface area contributed by atoms with Crippen LogP contribution < -0.4 is 0 Å². The van der Waals surface area contributed by atoms with Crippen LogP contribution in [0.25, 0.3) is 10.9 Å². The first-order valence-electron chi connectivity index (χ1n) is 6.35. The van der Waals surface area contributed by atoms with Crippen LogP contribution in [0.2, 0.25) is 0 Å². The number of hydrogen-bond donors (Lipinski definition) is 2. The Morgan fingerprint density at radius 3 is 2.95 bits per heavy atom. The van der Waals surface area contributed by atoms with E-state index in [0.717, 1.165) is 21.1 Å². The maximum atomic E-state index is 11.0. The minimum absolute atomic E-state index is 0.0144. The maximum Gasteiger partial charge on any atom is 0.407 e. The lowest BCUT2D eigenvalue weighted by molar-refractivity contribution is 0.153. The number of hydrogen-bond acceptors (Lipinski definition) is 3. The molecule has 0 radical (unpaired) electrons. The zero-order valence-electron chi connectivity index (χ0n) is 10.7. The lowest BCUT2D eigenvalue weighted by Gasteiger charge is -2.14. The number of aliphatic hydroxyl groups excluding tert-OH is 1. The molecule has 3 rings (SSSR count). The van der Waals surface area contributed by atoms with E-state index in [1.807, 2.05) is 18.2 Å². The Balaban J connectivity index is 2.01. The van der Waals surface area contributed by atoms with E-state index >= 15 is 0 Å². The molecular weight excluding hydrogens is 326 g/mol. The van der Waals surface area contributed by atoms with E-state index in [9.17, 15) is 9.90 Å². The highest BCUT2D eigenvalue weighted by Gasteiger charge is 2.29. The number of amides is 1. The largest absolute Gasteiger partial charge is 0.465 e. The maximum absolute atomic E-state index is 11.0. The molecule has 1 aromatic heterocycles. The summed E-state index contributed by atoms with van der Waals surface area (Å²) >= 11 is 3.41. The summed E-state index contributed by atoms with van der Waals surface area (Å²) in [6.45, 7) is 0.804. The number of nitrogens with zero attached hydrogens (tertiary/aromatic N) is 3. The highest BCUT2D eigenvalue weighted by Crippen LogP contribution is 2.29. The molecule has 1 unspecified atom stereocenters. The van der Waals surface area contributed by atoms with Crippen LogP contribution in [-0.4, -0.2) is 44.1 Å². The molecule has 2 aromatic rings. The van der Waals surface area contributed by atoms with E-state index in [-0.39, 0.29) is 12.6 Å². The van der Waals surface area contributed by atoms with E-state index in [1.165, 1.54) is 4.90 Å². The molecule has 1 aliphatic heterocycles. The first-order valence-corrected chi connectivity index (χ1v) is 7.15. The minimum atomic E-state index is -0.905. The van der Waals surface area contributed by atoms with Gasteiger partial charge in [0.15, 0.2) is 0 Å². The van der Waals surface area contributed by atoms with Crippen molar-refractivity contribution in [1.82, 2.24) is 14.7 Å². The molecule has 1 saturated heterocycles. The van der Waals surface area contributed by atoms with E-state index in [1.54, 1.807) is 4.68 Å². The summed E-state index contributed by atoms with van der Waals surface area (Å²) in [4.78, 5) is 12.4. The van der Waals surface area contributed by atoms with Crippen molar-refractivity contribution in [2.24, 2.45) is 0 Å². The second-order valence-corrected chi connectivity index (χ2v) is 5.80. The van der Waals surface area contributed by atoms with Crippen molar-refractivity contribution < 1.29 is 15.0 Å². The van der Waals surface area contributed by atoms with Gasteiger partial charge < -0.3 is 15.1 Å². The van der Waals surface area contributed by atoms with E-state index in [4.69, 9.17) is 5.11 Å². The molecule has 1 aliphatic rings. The summed E-state index contributed by atoms with van der Waals surface area (Å²) < 4.78 is 2.71. The fourth-order valence-electron chi connectivity index (χ4n) is 2.70. The average molecular weight is 340 g/mol. The van der Waals surface area contributed by atoms with Crippen LogP contribution in [-0.2, 0) is 6.61 Å².